The predicted octanol–water partition coefficient (Wildman–Crippen LogP) is 3.17. The lowest BCUT2D eigenvalue weighted by molar-refractivity contribution is -0.147. The lowest BCUT2D eigenvalue weighted by Crippen LogP contribution is -2.27. The Labute approximate surface area is 164 Å². The first-order valence-electron chi connectivity index (χ1n) is 9.27. The zero-order chi connectivity index (χ0) is 20.1. The van der Waals surface area contributed by atoms with E-state index in [2.05, 4.69) is 0 Å². The summed E-state index contributed by atoms with van der Waals surface area (Å²) >= 11 is 0. The van der Waals surface area contributed by atoms with Crippen LogP contribution in [-0.4, -0.2) is 37.4 Å². The van der Waals surface area contributed by atoms with Gasteiger partial charge in [-0.25, -0.2) is 0 Å². The maximum atomic E-state index is 12.3. The number of ketones is 1. The van der Waals surface area contributed by atoms with Gasteiger partial charge in [-0.15, -0.1) is 0 Å². The Balaban J connectivity index is 1.54. The molecule has 1 aliphatic heterocycles. The molecule has 0 aliphatic carbocycles. The second-order valence-electron chi connectivity index (χ2n) is 6.73. The predicted molar refractivity (Wildman–Crippen MR) is 105 cm³/mol. The van der Waals surface area contributed by atoms with Gasteiger partial charge in [-0.05, 0) is 50.2 Å². The highest BCUT2D eigenvalue weighted by molar-refractivity contribution is 6.01. The molecule has 1 amide bonds. The lowest BCUT2D eigenvalue weighted by atomic mass is 10.1. The molecule has 2 aromatic carbocycles. The molecule has 2 aromatic rings. The SMILES string of the molecule is CCOc1ccc(C(=O)COC(=O)[C@H]2CC(=O)N(c3ccc(C)cc3)C2)cc1. The number of carbonyl (C=O) groups excluding carboxylic acids is 3. The Bertz CT molecular complexity index is 858. The second kappa shape index (κ2) is 8.69. The van der Waals surface area contributed by atoms with Crippen molar-refractivity contribution in [2.24, 2.45) is 5.92 Å². The summed E-state index contributed by atoms with van der Waals surface area (Å²) < 4.78 is 10.5. The number of nitrogens with zero attached hydrogens (tertiary/aromatic N) is 1. The number of esters is 1. The number of Topliss-reactive ketones (excluding diaryl/α,β-unsaturated/α-hetero) is 1. The van der Waals surface area contributed by atoms with Gasteiger partial charge in [0.15, 0.2) is 12.4 Å². The molecule has 1 fully saturated rings. The Hall–Kier alpha value is -3.15. The van der Waals surface area contributed by atoms with E-state index in [1.54, 1.807) is 29.2 Å². The van der Waals surface area contributed by atoms with Crippen LogP contribution in [0.2, 0.25) is 0 Å². The van der Waals surface area contributed by atoms with Crippen molar-refractivity contribution in [2.45, 2.75) is 20.3 Å². The molecule has 6 heteroatoms. The number of hydrogen-bond acceptors (Lipinski definition) is 5. The van der Waals surface area contributed by atoms with Crippen LogP contribution in [0.15, 0.2) is 48.5 Å². The highest BCUT2D eigenvalue weighted by Crippen LogP contribution is 2.26. The average Bonchev–Trinajstić information content (AvgIpc) is 3.09. The van der Waals surface area contributed by atoms with Gasteiger partial charge in [0.2, 0.25) is 5.91 Å². The Morgan fingerprint density at radius 3 is 2.39 bits per heavy atom. The first-order valence-corrected chi connectivity index (χ1v) is 9.27. The minimum atomic E-state index is -0.568. The van der Waals surface area contributed by atoms with Crippen LogP contribution in [0, 0.1) is 12.8 Å². The van der Waals surface area contributed by atoms with E-state index in [1.807, 2.05) is 38.1 Å². The topological polar surface area (TPSA) is 72.9 Å². The third kappa shape index (κ3) is 4.57. The summed E-state index contributed by atoms with van der Waals surface area (Å²) in [6, 6.07) is 14.2. The van der Waals surface area contributed by atoms with Crippen molar-refractivity contribution in [1.29, 1.82) is 0 Å². The fourth-order valence-electron chi connectivity index (χ4n) is 3.08. The molecular formula is C22H23NO5. The molecule has 0 aromatic heterocycles. The molecule has 0 N–H and O–H groups in total. The van der Waals surface area contributed by atoms with Gasteiger partial charge in [0, 0.05) is 24.2 Å². The van der Waals surface area contributed by atoms with E-state index in [-0.39, 0.29) is 31.3 Å². The maximum Gasteiger partial charge on any atom is 0.311 e. The minimum Gasteiger partial charge on any atom is -0.494 e. The molecule has 146 valence electrons. The zero-order valence-corrected chi connectivity index (χ0v) is 16.0. The number of carbonyl (C=O) groups is 3. The van der Waals surface area contributed by atoms with Gasteiger partial charge >= 0.3 is 5.97 Å². The van der Waals surface area contributed by atoms with Crippen LogP contribution >= 0.6 is 0 Å². The average molecular weight is 381 g/mol. The Morgan fingerprint density at radius 2 is 1.75 bits per heavy atom. The first kappa shape index (κ1) is 19.6. The van der Waals surface area contributed by atoms with Crippen molar-refractivity contribution in [3.8, 4) is 5.75 Å². The van der Waals surface area contributed by atoms with Crippen molar-refractivity contribution in [2.75, 3.05) is 24.7 Å². The van der Waals surface area contributed by atoms with Crippen LogP contribution in [0.3, 0.4) is 0 Å². The number of benzene rings is 2. The number of anilines is 1. The van der Waals surface area contributed by atoms with Gasteiger partial charge < -0.3 is 14.4 Å². The fraction of sp³-hybridized carbons (Fsp3) is 0.318. The molecule has 3 rings (SSSR count). The molecule has 1 saturated heterocycles. The normalized spacial score (nSPS) is 16.1. The summed E-state index contributed by atoms with van der Waals surface area (Å²) in [5.41, 5.74) is 2.30. The van der Waals surface area contributed by atoms with E-state index in [0.717, 1.165) is 11.3 Å². The van der Waals surface area contributed by atoms with Crippen LogP contribution in [0.4, 0.5) is 5.69 Å². The second-order valence-corrected chi connectivity index (χ2v) is 6.73. The third-order valence-corrected chi connectivity index (χ3v) is 4.64. The van der Waals surface area contributed by atoms with E-state index in [9.17, 15) is 14.4 Å². The van der Waals surface area contributed by atoms with Crippen molar-refractivity contribution < 1.29 is 23.9 Å². The van der Waals surface area contributed by atoms with Crippen molar-refractivity contribution in [1.82, 2.24) is 0 Å². The van der Waals surface area contributed by atoms with E-state index >= 15 is 0 Å². The molecule has 0 spiro atoms. The van der Waals surface area contributed by atoms with Gasteiger partial charge in [-0.2, -0.15) is 0 Å². The smallest absolute Gasteiger partial charge is 0.311 e. The van der Waals surface area contributed by atoms with Gasteiger partial charge in [-0.1, -0.05) is 17.7 Å². The largest absolute Gasteiger partial charge is 0.494 e. The molecule has 1 atom stereocenters. The third-order valence-electron chi connectivity index (χ3n) is 4.64. The van der Waals surface area contributed by atoms with Crippen LogP contribution < -0.4 is 9.64 Å². The van der Waals surface area contributed by atoms with E-state index < -0.39 is 11.9 Å². The number of rotatable bonds is 7. The van der Waals surface area contributed by atoms with Gasteiger partial charge in [-0.3, -0.25) is 14.4 Å². The van der Waals surface area contributed by atoms with E-state index in [0.29, 0.717) is 17.9 Å². The number of amides is 1. The highest BCUT2D eigenvalue weighted by atomic mass is 16.5. The quantitative estimate of drug-likeness (QED) is 0.544. The number of hydrogen-bond donors (Lipinski definition) is 0. The van der Waals surface area contributed by atoms with Crippen molar-refractivity contribution >= 4 is 23.3 Å². The Morgan fingerprint density at radius 1 is 1.07 bits per heavy atom. The molecule has 0 saturated carbocycles. The monoisotopic (exact) mass is 381 g/mol. The maximum absolute atomic E-state index is 12.3. The summed E-state index contributed by atoms with van der Waals surface area (Å²) in [7, 11) is 0. The summed E-state index contributed by atoms with van der Waals surface area (Å²) in [5, 5.41) is 0. The molecule has 0 bridgehead atoms. The van der Waals surface area contributed by atoms with Gasteiger partial charge in [0.1, 0.15) is 5.75 Å². The highest BCUT2D eigenvalue weighted by Gasteiger charge is 2.36. The summed E-state index contributed by atoms with van der Waals surface area (Å²) in [5.74, 6) is -0.833. The van der Waals surface area contributed by atoms with Gasteiger partial charge in [0.05, 0.1) is 12.5 Å². The molecule has 6 nitrogen and oxygen atoms in total. The molecule has 1 aliphatic rings. The summed E-state index contributed by atoms with van der Waals surface area (Å²) in [6.07, 6.45) is 0.0873. The molecule has 1 heterocycles. The number of aryl methyl sites for hydroxylation is 1. The van der Waals surface area contributed by atoms with Crippen molar-refractivity contribution in [3.05, 3.63) is 59.7 Å². The van der Waals surface area contributed by atoms with E-state index in [1.165, 1.54) is 0 Å². The van der Waals surface area contributed by atoms with Crippen LogP contribution in [0.5, 0.6) is 5.75 Å². The number of ether oxygens (including phenoxy) is 2. The van der Waals surface area contributed by atoms with Crippen LogP contribution in [0.25, 0.3) is 0 Å². The molecular weight excluding hydrogens is 358 g/mol. The van der Waals surface area contributed by atoms with E-state index in [4.69, 9.17) is 9.47 Å². The van der Waals surface area contributed by atoms with Crippen molar-refractivity contribution in [3.63, 3.8) is 0 Å². The van der Waals surface area contributed by atoms with Crippen LogP contribution in [0.1, 0.15) is 29.3 Å². The Kier molecular flexibility index (Phi) is 6.09. The fourth-order valence-corrected chi connectivity index (χ4v) is 3.08. The summed E-state index contributed by atoms with van der Waals surface area (Å²) in [6.45, 7) is 4.31. The first-order chi connectivity index (χ1) is 13.5. The molecule has 0 unspecified atom stereocenters. The molecule has 0 radical (unpaired) electrons. The minimum absolute atomic E-state index is 0.0873. The molecule has 28 heavy (non-hydrogen) atoms. The lowest BCUT2D eigenvalue weighted by Gasteiger charge is -2.16. The zero-order valence-electron chi connectivity index (χ0n) is 16.0. The standard InChI is InChI=1S/C22H23NO5/c1-3-27-19-10-6-16(7-11-19)20(24)14-28-22(26)17-12-21(25)23(13-17)18-8-4-15(2)5-9-18/h4-11,17H,3,12-14H2,1-2H3/t17-/m0/s1. The van der Waals surface area contributed by atoms with Crippen LogP contribution in [-0.2, 0) is 14.3 Å². The summed E-state index contributed by atoms with van der Waals surface area (Å²) in [4.78, 5) is 38.4. The van der Waals surface area contributed by atoms with Gasteiger partial charge in [0.25, 0.3) is 0 Å².